The van der Waals surface area contributed by atoms with Gasteiger partial charge in [-0.3, -0.25) is 9.59 Å². The monoisotopic (exact) mass is 273 g/mol. The van der Waals surface area contributed by atoms with Crippen LogP contribution in [-0.2, 0) is 28.7 Å². The summed E-state index contributed by atoms with van der Waals surface area (Å²) >= 11 is 0. The van der Waals surface area contributed by atoms with Crippen molar-refractivity contribution in [1.29, 1.82) is 0 Å². The summed E-state index contributed by atoms with van der Waals surface area (Å²) in [4.78, 5) is 39.0. The van der Waals surface area contributed by atoms with E-state index in [1.165, 1.54) is 0 Å². The van der Waals surface area contributed by atoms with Crippen molar-refractivity contribution in [3.8, 4) is 0 Å². The fourth-order valence-corrected chi connectivity index (χ4v) is 1.46. The van der Waals surface area contributed by atoms with Crippen molar-refractivity contribution in [3.63, 3.8) is 0 Å². The molecule has 2 amide bonds. The first-order valence-corrected chi connectivity index (χ1v) is 6.20. The van der Waals surface area contributed by atoms with Crippen molar-refractivity contribution < 1.29 is 28.7 Å². The third-order valence-electron chi connectivity index (χ3n) is 2.72. The van der Waals surface area contributed by atoms with E-state index < -0.39 is 23.7 Å². The van der Waals surface area contributed by atoms with Crippen molar-refractivity contribution in [2.75, 3.05) is 26.9 Å². The molecule has 1 saturated heterocycles. The Balaban J connectivity index is 2.24. The highest BCUT2D eigenvalue weighted by Gasteiger charge is 2.33. The maximum Gasteiger partial charge on any atom is 0.336 e. The van der Waals surface area contributed by atoms with Crippen LogP contribution in [0.15, 0.2) is 0 Å². The molecule has 1 fully saturated rings. The molecule has 7 heteroatoms. The normalized spacial score (nSPS) is 16.8. The molecule has 1 aliphatic rings. The van der Waals surface area contributed by atoms with E-state index in [0.29, 0.717) is 31.3 Å². The molecule has 1 aliphatic heterocycles. The Morgan fingerprint density at radius 1 is 1.21 bits per heavy atom. The minimum atomic E-state index is -0.598. The molecule has 0 aromatic rings. The number of hydrogen-bond donors (Lipinski definition) is 0. The maximum absolute atomic E-state index is 11.7. The molecule has 1 atom stereocenters. The molecule has 0 N–H and O–H groups in total. The summed E-state index contributed by atoms with van der Waals surface area (Å²) in [5.74, 6) is -1.98. The summed E-state index contributed by atoms with van der Waals surface area (Å²) in [6.07, 6.45) is 0.653. The van der Waals surface area contributed by atoms with E-state index in [9.17, 15) is 14.4 Å². The predicted molar refractivity (Wildman–Crippen MR) is 63.7 cm³/mol. The molecule has 0 radical (unpaired) electrons. The fourth-order valence-electron chi connectivity index (χ4n) is 1.46. The lowest BCUT2D eigenvalue weighted by Crippen LogP contribution is -2.34. The number of methoxy groups -OCH3 is 1. The molecule has 0 aromatic carbocycles. The molecule has 0 bridgehead atoms. The van der Waals surface area contributed by atoms with E-state index >= 15 is 0 Å². The van der Waals surface area contributed by atoms with Gasteiger partial charge in [0.1, 0.15) is 0 Å². The number of amides is 2. The zero-order valence-electron chi connectivity index (χ0n) is 11.2. The van der Waals surface area contributed by atoms with Gasteiger partial charge in [-0.25, -0.2) is 4.79 Å². The number of ether oxygens (including phenoxy) is 2. The number of hydroxylamine groups is 2. The average molecular weight is 273 g/mol. The average Bonchev–Trinajstić information content (AvgIpc) is 2.70. The highest BCUT2D eigenvalue weighted by atomic mass is 16.7. The van der Waals surface area contributed by atoms with Crippen LogP contribution < -0.4 is 0 Å². The first-order chi connectivity index (χ1) is 9.06. The van der Waals surface area contributed by atoms with E-state index in [1.807, 2.05) is 0 Å². The summed E-state index contributed by atoms with van der Waals surface area (Å²) in [6, 6.07) is 0. The lowest BCUT2D eigenvalue weighted by Gasteiger charge is -2.16. The molecule has 0 spiro atoms. The molecule has 19 heavy (non-hydrogen) atoms. The number of hydrogen-bond acceptors (Lipinski definition) is 6. The number of imide groups is 1. The molecule has 108 valence electrons. The predicted octanol–water partition coefficient (Wildman–Crippen LogP) is 0.283. The Kier molecular flexibility index (Phi) is 6.44. The Morgan fingerprint density at radius 3 is 2.42 bits per heavy atom. The minimum Gasteiger partial charge on any atom is -0.382 e. The second kappa shape index (κ2) is 7.85. The van der Waals surface area contributed by atoms with Gasteiger partial charge < -0.3 is 14.3 Å². The number of carbonyl (C=O) groups is 3. The standard InChI is InChI=1S/C12H19NO6/c1-9(5-6-18-8-7-17-2)12(16)19-13-10(14)3-4-11(13)15/h9H,3-8H2,1-2H3. The molecular formula is C12H19NO6. The van der Waals surface area contributed by atoms with Crippen LogP contribution in [0.1, 0.15) is 26.2 Å². The number of nitrogens with zero attached hydrogens (tertiary/aromatic N) is 1. The van der Waals surface area contributed by atoms with Crippen molar-refractivity contribution in [3.05, 3.63) is 0 Å². The second-order valence-electron chi connectivity index (χ2n) is 4.29. The van der Waals surface area contributed by atoms with E-state index in [1.54, 1.807) is 14.0 Å². The smallest absolute Gasteiger partial charge is 0.336 e. The van der Waals surface area contributed by atoms with Crippen LogP contribution in [0.25, 0.3) is 0 Å². The minimum absolute atomic E-state index is 0.0978. The summed E-state index contributed by atoms with van der Waals surface area (Å²) in [5.41, 5.74) is 0. The molecule has 1 unspecified atom stereocenters. The number of carbonyl (C=O) groups excluding carboxylic acids is 3. The van der Waals surface area contributed by atoms with Gasteiger partial charge in [-0.1, -0.05) is 6.92 Å². The van der Waals surface area contributed by atoms with Crippen LogP contribution in [0.4, 0.5) is 0 Å². The van der Waals surface area contributed by atoms with Crippen molar-refractivity contribution in [1.82, 2.24) is 5.06 Å². The topological polar surface area (TPSA) is 82.1 Å². The van der Waals surface area contributed by atoms with Gasteiger partial charge in [0.15, 0.2) is 0 Å². The zero-order valence-corrected chi connectivity index (χ0v) is 11.2. The van der Waals surface area contributed by atoms with Crippen LogP contribution in [0.2, 0.25) is 0 Å². The highest BCUT2D eigenvalue weighted by molar-refractivity contribution is 6.01. The third-order valence-corrected chi connectivity index (χ3v) is 2.72. The van der Waals surface area contributed by atoms with E-state index in [-0.39, 0.29) is 12.8 Å². The van der Waals surface area contributed by atoms with Crippen LogP contribution in [0.5, 0.6) is 0 Å². The largest absolute Gasteiger partial charge is 0.382 e. The quantitative estimate of drug-likeness (QED) is 0.467. The van der Waals surface area contributed by atoms with Crippen molar-refractivity contribution in [2.24, 2.45) is 5.92 Å². The first-order valence-electron chi connectivity index (χ1n) is 6.20. The fraction of sp³-hybridized carbons (Fsp3) is 0.750. The Hall–Kier alpha value is -1.47. The molecular weight excluding hydrogens is 254 g/mol. The summed E-state index contributed by atoms with van der Waals surface area (Å²) in [7, 11) is 1.58. The van der Waals surface area contributed by atoms with Gasteiger partial charge in [-0.2, -0.15) is 0 Å². The van der Waals surface area contributed by atoms with Crippen LogP contribution >= 0.6 is 0 Å². The summed E-state index contributed by atoms with van der Waals surface area (Å²) in [5, 5.41) is 0.560. The van der Waals surface area contributed by atoms with Crippen LogP contribution in [0, 0.1) is 5.92 Å². The summed E-state index contributed by atoms with van der Waals surface area (Å²) in [6.45, 7) is 3.01. The van der Waals surface area contributed by atoms with E-state index in [0.717, 1.165) is 0 Å². The lowest BCUT2D eigenvalue weighted by atomic mass is 10.1. The molecule has 0 aromatic heterocycles. The molecule has 1 rings (SSSR count). The SMILES string of the molecule is COCCOCCC(C)C(=O)ON1C(=O)CCC1=O. The van der Waals surface area contributed by atoms with Gasteiger partial charge >= 0.3 is 5.97 Å². The Morgan fingerprint density at radius 2 is 1.84 bits per heavy atom. The van der Waals surface area contributed by atoms with Gasteiger partial charge in [0, 0.05) is 26.6 Å². The lowest BCUT2D eigenvalue weighted by molar-refractivity contribution is -0.200. The Labute approximate surface area is 111 Å². The molecule has 1 heterocycles. The van der Waals surface area contributed by atoms with Gasteiger partial charge in [0.05, 0.1) is 19.1 Å². The Bertz CT molecular complexity index is 327. The first kappa shape index (κ1) is 15.6. The second-order valence-corrected chi connectivity index (χ2v) is 4.29. The summed E-state index contributed by atoms with van der Waals surface area (Å²) < 4.78 is 10.0. The van der Waals surface area contributed by atoms with Crippen molar-refractivity contribution >= 4 is 17.8 Å². The van der Waals surface area contributed by atoms with Gasteiger partial charge in [-0.05, 0) is 6.42 Å². The zero-order chi connectivity index (χ0) is 14.3. The maximum atomic E-state index is 11.7. The van der Waals surface area contributed by atoms with Gasteiger partial charge in [0.2, 0.25) is 0 Å². The van der Waals surface area contributed by atoms with Crippen molar-refractivity contribution in [2.45, 2.75) is 26.2 Å². The van der Waals surface area contributed by atoms with Gasteiger partial charge in [0.25, 0.3) is 11.8 Å². The molecule has 0 aliphatic carbocycles. The molecule has 0 saturated carbocycles. The third kappa shape index (κ3) is 4.96. The van der Waals surface area contributed by atoms with Gasteiger partial charge in [-0.15, -0.1) is 5.06 Å². The highest BCUT2D eigenvalue weighted by Crippen LogP contribution is 2.14. The van der Waals surface area contributed by atoms with Crippen LogP contribution in [0.3, 0.4) is 0 Å². The van der Waals surface area contributed by atoms with Crippen LogP contribution in [-0.4, -0.2) is 49.8 Å². The van der Waals surface area contributed by atoms with E-state index in [4.69, 9.17) is 14.3 Å². The van der Waals surface area contributed by atoms with E-state index in [2.05, 4.69) is 0 Å². The number of rotatable bonds is 8. The molecule has 7 nitrogen and oxygen atoms in total.